The fourth-order valence-corrected chi connectivity index (χ4v) is 5.23. The van der Waals surface area contributed by atoms with Crippen molar-refractivity contribution in [2.75, 3.05) is 33.4 Å². The van der Waals surface area contributed by atoms with Gasteiger partial charge in [0.1, 0.15) is 0 Å². The summed E-state index contributed by atoms with van der Waals surface area (Å²) in [4.78, 5) is 15.1. The molecule has 6 nitrogen and oxygen atoms in total. The number of rotatable bonds is 6. The molecule has 4 rings (SSSR count). The molecule has 1 saturated heterocycles. The highest BCUT2D eigenvalue weighted by atomic mass is 19.1. The number of aryl methyl sites for hydroxylation is 1. The molecule has 30 heavy (non-hydrogen) atoms. The van der Waals surface area contributed by atoms with Crippen LogP contribution in [0.3, 0.4) is 0 Å². The van der Waals surface area contributed by atoms with Gasteiger partial charge in [-0.3, -0.25) is 9.47 Å². The second kappa shape index (κ2) is 8.81. The molecule has 1 aliphatic carbocycles. The molecule has 0 unspecified atom stereocenters. The lowest BCUT2D eigenvalue weighted by Gasteiger charge is -2.48. The van der Waals surface area contributed by atoms with E-state index in [-0.39, 0.29) is 17.2 Å². The molecule has 2 heterocycles. The Morgan fingerprint density at radius 1 is 1.17 bits per heavy atom. The minimum Gasteiger partial charge on any atom is -0.405 e. The van der Waals surface area contributed by atoms with Crippen LogP contribution in [0.5, 0.6) is 0 Å². The van der Waals surface area contributed by atoms with Crippen LogP contribution in [0.4, 0.5) is 4.39 Å². The molecule has 7 heteroatoms. The van der Waals surface area contributed by atoms with Gasteiger partial charge in [-0.2, -0.15) is 0 Å². The maximum absolute atomic E-state index is 14.2. The van der Waals surface area contributed by atoms with Gasteiger partial charge >= 0.3 is 5.76 Å². The summed E-state index contributed by atoms with van der Waals surface area (Å²) in [5, 5.41) is 0. The van der Waals surface area contributed by atoms with E-state index in [0.717, 1.165) is 57.2 Å². The lowest BCUT2D eigenvalue weighted by Crippen LogP contribution is -2.53. The van der Waals surface area contributed by atoms with Crippen molar-refractivity contribution in [1.82, 2.24) is 9.47 Å². The molecular weight excluding hydrogens is 387 g/mol. The van der Waals surface area contributed by atoms with Gasteiger partial charge in [0.15, 0.2) is 11.4 Å². The zero-order valence-corrected chi connectivity index (χ0v) is 18.3. The van der Waals surface area contributed by atoms with Crippen LogP contribution in [0.25, 0.3) is 11.1 Å². The minimum absolute atomic E-state index is 0.0496. The van der Waals surface area contributed by atoms with Crippen LogP contribution in [0.15, 0.2) is 21.3 Å². The Morgan fingerprint density at radius 2 is 1.87 bits per heavy atom. The molecule has 1 aromatic heterocycles. The normalized spacial score (nSPS) is 26.5. The fraction of sp³-hybridized carbons (Fsp3) is 0.696. The van der Waals surface area contributed by atoms with Gasteiger partial charge in [0.05, 0.1) is 24.8 Å². The van der Waals surface area contributed by atoms with E-state index in [2.05, 4.69) is 11.8 Å². The lowest BCUT2D eigenvalue weighted by molar-refractivity contribution is -0.0419. The first-order valence-electron chi connectivity index (χ1n) is 11.1. The van der Waals surface area contributed by atoms with Crippen LogP contribution in [0, 0.1) is 12.7 Å². The van der Waals surface area contributed by atoms with Crippen LogP contribution in [-0.4, -0.2) is 54.5 Å². The number of methoxy groups -OCH3 is 1. The topological polar surface area (TPSA) is 56.8 Å². The number of hydrogen-bond acceptors (Lipinski definition) is 5. The van der Waals surface area contributed by atoms with Crippen molar-refractivity contribution in [1.29, 1.82) is 0 Å². The Hall–Kier alpha value is -1.70. The van der Waals surface area contributed by atoms with Crippen molar-refractivity contribution in [3.05, 3.63) is 34.1 Å². The predicted molar refractivity (Wildman–Crippen MR) is 114 cm³/mol. The minimum atomic E-state index is -0.463. The van der Waals surface area contributed by atoms with Gasteiger partial charge < -0.3 is 13.9 Å². The molecule has 0 radical (unpaired) electrons. The van der Waals surface area contributed by atoms with Crippen LogP contribution < -0.4 is 5.76 Å². The van der Waals surface area contributed by atoms with Gasteiger partial charge in [-0.1, -0.05) is 0 Å². The van der Waals surface area contributed by atoms with Crippen molar-refractivity contribution in [2.24, 2.45) is 0 Å². The Bertz CT molecular complexity index is 921. The molecule has 1 saturated carbocycles. The summed E-state index contributed by atoms with van der Waals surface area (Å²) in [6.45, 7) is 7.37. The molecule has 0 bridgehead atoms. The summed E-state index contributed by atoms with van der Waals surface area (Å²) in [5.41, 5.74) is 1.63. The molecule has 1 aliphatic heterocycles. The lowest BCUT2D eigenvalue weighted by atomic mass is 9.79. The van der Waals surface area contributed by atoms with E-state index in [1.165, 1.54) is 6.07 Å². The fourth-order valence-electron chi connectivity index (χ4n) is 5.23. The first-order valence-corrected chi connectivity index (χ1v) is 11.1. The van der Waals surface area contributed by atoms with Gasteiger partial charge in [0, 0.05) is 31.8 Å². The average molecular weight is 421 g/mol. The molecule has 1 aromatic carbocycles. The van der Waals surface area contributed by atoms with Crippen molar-refractivity contribution < 1.29 is 18.3 Å². The highest BCUT2D eigenvalue weighted by Crippen LogP contribution is 2.38. The number of benzene rings is 1. The van der Waals surface area contributed by atoms with Gasteiger partial charge in [0.25, 0.3) is 0 Å². The monoisotopic (exact) mass is 420 g/mol. The maximum atomic E-state index is 14.2. The van der Waals surface area contributed by atoms with E-state index < -0.39 is 11.6 Å². The molecule has 2 aromatic rings. The third kappa shape index (κ3) is 4.20. The number of oxazole rings is 1. The zero-order valence-electron chi connectivity index (χ0n) is 18.3. The third-order valence-electron chi connectivity index (χ3n) is 7.06. The summed E-state index contributed by atoms with van der Waals surface area (Å²) in [5.74, 6) is -0.914. The van der Waals surface area contributed by atoms with Crippen LogP contribution in [0.2, 0.25) is 0 Å². The largest absolute Gasteiger partial charge is 0.420 e. The Kier molecular flexibility index (Phi) is 6.32. The summed E-state index contributed by atoms with van der Waals surface area (Å²) in [7, 11) is 1.70. The van der Waals surface area contributed by atoms with E-state index in [9.17, 15) is 9.18 Å². The number of fused-ring (bicyclic) bond motifs is 1. The summed E-state index contributed by atoms with van der Waals surface area (Å²) in [6, 6.07) is 3.31. The molecule has 0 spiro atoms. The predicted octanol–water partition coefficient (Wildman–Crippen LogP) is 4.04. The summed E-state index contributed by atoms with van der Waals surface area (Å²) >= 11 is 0. The molecule has 2 fully saturated rings. The van der Waals surface area contributed by atoms with Crippen molar-refractivity contribution in [3.8, 4) is 0 Å². The first kappa shape index (κ1) is 21.5. The van der Waals surface area contributed by atoms with Gasteiger partial charge in [-0.25, -0.2) is 9.18 Å². The average Bonchev–Trinajstić information content (AvgIpc) is 3.06. The van der Waals surface area contributed by atoms with Gasteiger partial charge in [-0.05, 0) is 70.1 Å². The first-order chi connectivity index (χ1) is 14.4. The van der Waals surface area contributed by atoms with Crippen LogP contribution in [0.1, 0.15) is 57.1 Å². The Morgan fingerprint density at radius 3 is 2.53 bits per heavy atom. The van der Waals surface area contributed by atoms with E-state index in [1.54, 1.807) is 11.7 Å². The van der Waals surface area contributed by atoms with E-state index in [0.29, 0.717) is 24.8 Å². The van der Waals surface area contributed by atoms with E-state index in [1.807, 2.05) is 13.0 Å². The second-order valence-corrected chi connectivity index (χ2v) is 9.11. The third-order valence-corrected chi connectivity index (χ3v) is 7.06. The van der Waals surface area contributed by atoms with Crippen LogP contribution >= 0.6 is 0 Å². The number of aromatic nitrogens is 1. The van der Waals surface area contributed by atoms with E-state index >= 15 is 0 Å². The highest BCUT2D eigenvalue weighted by Gasteiger charge is 2.39. The quantitative estimate of drug-likeness (QED) is 0.660. The van der Waals surface area contributed by atoms with Crippen LogP contribution in [-0.2, 0) is 9.47 Å². The SMILES string of the molecule is COCCOC1CCC(C)(N2CCC(n3c(=O)oc4c(F)cc(C)cc43)CC2)CC1. The van der Waals surface area contributed by atoms with Gasteiger partial charge in [0.2, 0.25) is 0 Å². The molecule has 0 amide bonds. The molecule has 0 N–H and O–H groups in total. The maximum Gasteiger partial charge on any atom is 0.420 e. The molecule has 166 valence electrons. The second-order valence-electron chi connectivity index (χ2n) is 9.11. The number of nitrogens with zero attached hydrogens (tertiary/aromatic N) is 2. The van der Waals surface area contributed by atoms with Gasteiger partial charge in [-0.15, -0.1) is 0 Å². The molecule has 0 atom stereocenters. The number of hydrogen-bond donors (Lipinski definition) is 0. The Balaban J connectivity index is 1.40. The number of halogens is 1. The standard InChI is InChI=1S/C23H33FN2O4/c1-16-14-19(24)21-20(15-16)26(22(27)30-21)17-6-10-25(11-7-17)23(2)8-4-18(5-9-23)29-13-12-28-3/h14-15,17-18H,4-13H2,1-3H3. The number of ether oxygens (including phenoxy) is 2. The molecular formula is C23H33FN2O4. The smallest absolute Gasteiger partial charge is 0.405 e. The van der Waals surface area contributed by atoms with Crippen molar-refractivity contribution in [3.63, 3.8) is 0 Å². The summed E-state index contributed by atoms with van der Waals surface area (Å²) in [6.07, 6.45) is 6.46. The van der Waals surface area contributed by atoms with Crippen molar-refractivity contribution >= 4 is 11.1 Å². The van der Waals surface area contributed by atoms with Crippen molar-refractivity contribution in [2.45, 2.75) is 70.1 Å². The molecule has 2 aliphatic rings. The van der Waals surface area contributed by atoms with E-state index in [4.69, 9.17) is 13.9 Å². The number of likely N-dealkylation sites (tertiary alicyclic amines) is 1. The Labute approximate surface area is 176 Å². The number of piperidine rings is 1. The highest BCUT2D eigenvalue weighted by molar-refractivity contribution is 5.74. The zero-order chi connectivity index (χ0) is 21.3. The summed E-state index contributed by atoms with van der Waals surface area (Å²) < 4.78 is 32.1.